The molecule has 3 saturated carbocycles. The van der Waals surface area contributed by atoms with Crippen LogP contribution in [0.1, 0.15) is 69.3 Å². The van der Waals surface area contributed by atoms with Crippen LogP contribution in [-0.4, -0.2) is 124 Å². The van der Waals surface area contributed by atoms with Gasteiger partial charge in [-0.3, -0.25) is 28.8 Å². The molecule has 6 fully saturated rings. The largest absolute Gasteiger partial charge is 0.481 e. The molecule has 3 heterocycles. The van der Waals surface area contributed by atoms with Gasteiger partial charge in [0.25, 0.3) is 0 Å². The molecule has 318 valence electrons. The van der Waals surface area contributed by atoms with Crippen molar-refractivity contribution in [2.45, 2.75) is 94.5 Å². The molecule has 4 aliphatic carbocycles. The lowest BCUT2D eigenvalue weighted by Crippen LogP contribution is -2.63. The number of carbonyl (C=O) groups is 6. The second kappa shape index (κ2) is 16.2. The number of benzene rings is 1. The van der Waals surface area contributed by atoms with Gasteiger partial charge in [0.2, 0.25) is 17.7 Å². The van der Waals surface area contributed by atoms with Gasteiger partial charge in [-0.15, -0.1) is 0 Å². The first-order valence-corrected chi connectivity index (χ1v) is 21.7. The lowest BCUT2D eigenvalue weighted by atomic mass is 9.49. The van der Waals surface area contributed by atoms with Crippen LogP contribution in [0, 0.1) is 34.5 Å². The van der Waals surface area contributed by atoms with Crippen molar-refractivity contribution < 1.29 is 58.3 Å². The van der Waals surface area contributed by atoms with E-state index in [0.717, 1.165) is 29.5 Å². The van der Waals surface area contributed by atoms with Crippen LogP contribution in [0.25, 0.3) is 0 Å². The average molecular weight is 883 g/mol. The molecule has 3 saturated heterocycles. The lowest BCUT2D eigenvalue weighted by Gasteiger charge is -2.56. The number of carbonyl (C=O) groups excluding carboxylic acids is 5. The van der Waals surface area contributed by atoms with E-state index in [9.17, 15) is 44.1 Å². The van der Waals surface area contributed by atoms with Gasteiger partial charge in [-0.1, -0.05) is 58.8 Å². The van der Waals surface area contributed by atoms with Crippen LogP contribution < -0.4 is 10.6 Å². The van der Waals surface area contributed by atoms with E-state index in [1.54, 1.807) is 17.1 Å². The van der Waals surface area contributed by atoms with Crippen molar-refractivity contribution in [3.8, 4) is 0 Å². The SMILES string of the molecule is C[C@]12C=CC(=O)C=C1CC[C@@H]1[C@@H]2[C@@H](O)CC2[C@H]1C[C@H]1O[C@@H](c3ccc(CC4CC5(CO4)CN(C(=O)[C@H](CCC(=O)O)NC(=O)CNC(=O)CBr)C5)cc3)O[C@@]21C(=O)CO. The molecule has 7 aliphatic rings. The van der Waals surface area contributed by atoms with Crippen LogP contribution in [0.3, 0.4) is 0 Å². The van der Waals surface area contributed by atoms with Crippen LogP contribution in [0.2, 0.25) is 0 Å². The number of rotatable bonds is 13. The summed E-state index contributed by atoms with van der Waals surface area (Å²) in [6.07, 6.45) is 6.47. The fraction of sp³-hybridized carbons (Fsp3) is 0.628. The fourth-order valence-electron chi connectivity index (χ4n) is 11.7. The second-order valence-corrected chi connectivity index (χ2v) is 18.5. The van der Waals surface area contributed by atoms with Gasteiger partial charge in [0.05, 0.1) is 36.8 Å². The van der Waals surface area contributed by atoms with Crippen molar-refractivity contribution >= 4 is 51.2 Å². The topological polar surface area (TPSA) is 218 Å². The lowest BCUT2D eigenvalue weighted by molar-refractivity contribution is -0.174. The van der Waals surface area contributed by atoms with E-state index in [1.807, 2.05) is 30.3 Å². The highest BCUT2D eigenvalue weighted by Crippen LogP contribution is 2.65. The number of fused-ring (bicyclic) bond motifs is 7. The number of hydrogen-bond donors (Lipinski definition) is 5. The molecule has 0 aromatic heterocycles. The number of nitrogens with zero attached hydrogens (tertiary/aromatic N) is 1. The zero-order valence-corrected chi connectivity index (χ0v) is 34.6. The molecule has 15 nitrogen and oxygen atoms in total. The number of nitrogens with one attached hydrogen (secondary N) is 2. The molecule has 1 aromatic carbocycles. The number of ketones is 2. The zero-order valence-electron chi connectivity index (χ0n) is 33.0. The molecule has 5 N–H and O–H groups in total. The van der Waals surface area contributed by atoms with Crippen LogP contribution >= 0.6 is 15.9 Å². The Hall–Kier alpha value is -3.80. The summed E-state index contributed by atoms with van der Waals surface area (Å²) in [5.74, 6) is -3.16. The third kappa shape index (κ3) is 7.62. The molecule has 16 heteroatoms. The maximum Gasteiger partial charge on any atom is 0.303 e. The van der Waals surface area contributed by atoms with Crippen LogP contribution in [0.15, 0.2) is 48.1 Å². The third-order valence-corrected chi connectivity index (χ3v) is 14.9. The molecule has 3 amide bonds. The Morgan fingerprint density at radius 3 is 2.54 bits per heavy atom. The normalized spacial score (nSPS) is 35.4. The molecule has 3 aliphatic heterocycles. The number of aliphatic hydroxyl groups excluding tert-OH is 2. The molecule has 1 aromatic rings. The first-order valence-electron chi connectivity index (χ1n) is 20.6. The minimum atomic E-state index is -1.37. The van der Waals surface area contributed by atoms with E-state index < -0.39 is 65.7 Å². The maximum absolute atomic E-state index is 13.7. The summed E-state index contributed by atoms with van der Waals surface area (Å²) in [5, 5.41) is 36.2. The highest BCUT2D eigenvalue weighted by molar-refractivity contribution is 9.09. The van der Waals surface area contributed by atoms with Crippen molar-refractivity contribution in [2.75, 3.05) is 38.2 Å². The number of aliphatic carboxylic acids is 1. The summed E-state index contributed by atoms with van der Waals surface area (Å²) in [6.45, 7) is 2.38. The summed E-state index contributed by atoms with van der Waals surface area (Å²) in [4.78, 5) is 76.1. The summed E-state index contributed by atoms with van der Waals surface area (Å²) < 4.78 is 19.4. The number of ether oxygens (including phenoxy) is 3. The molecule has 59 heavy (non-hydrogen) atoms. The van der Waals surface area contributed by atoms with E-state index in [0.29, 0.717) is 45.4 Å². The molecule has 2 unspecified atom stereocenters. The maximum atomic E-state index is 13.7. The third-order valence-electron chi connectivity index (χ3n) is 14.4. The van der Waals surface area contributed by atoms with Crippen molar-refractivity contribution in [3.05, 3.63) is 59.2 Å². The van der Waals surface area contributed by atoms with Crippen LogP contribution in [-0.2, 0) is 49.4 Å². The molecule has 1 spiro atoms. The summed E-state index contributed by atoms with van der Waals surface area (Å²) in [7, 11) is 0. The number of hydrogen-bond acceptors (Lipinski definition) is 11. The van der Waals surface area contributed by atoms with Crippen LogP contribution in [0.4, 0.5) is 0 Å². The Labute approximate surface area is 350 Å². The van der Waals surface area contributed by atoms with Crippen molar-refractivity contribution in [1.29, 1.82) is 0 Å². The smallest absolute Gasteiger partial charge is 0.303 e. The summed E-state index contributed by atoms with van der Waals surface area (Å²) in [5.41, 5.74) is 0.755. The van der Waals surface area contributed by atoms with E-state index in [1.165, 1.54) is 0 Å². The number of carboxylic acids is 1. The zero-order chi connectivity index (χ0) is 41.9. The predicted molar refractivity (Wildman–Crippen MR) is 211 cm³/mol. The Morgan fingerprint density at radius 1 is 1.07 bits per heavy atom. The molecule has 8 rings (SSSR count). The van der Waals surface area contributed by atoms with Gasteiger partial charge in [0.15, 0.2) is 23.5 Å². The highest BCUT2D eigenvalue weighted by atomic mass is 79.9. The number of Topliss-reactive ketones (excluding diaryl/α,β-unsaturated/α-hetero) is 1. The van der Waals surface area contributed by atoms with E-state index >= 15 is 0 Å². The Kier molecular flexibility index (Phi) is 11.5. The molecule has 0 radical (unpaired) electrons. The summed E-state index contributed by atoms with van der Waals surface area (Å²) >= 11 is 3.01. The first-order chi connectivity index (χ1) is 28.2. The number of amides is 3. The van der Waals surface area contributed by atoms with E-state index in [4.69, 9.17) is 14.2 Å². The Bertz CT molecular complexity index is 1950. The first kappa shape index (κ1) is 41.9. The van der Waals surface area contributed by atoms with Gasteiger partial charge < -0.3 is 45.1 Å². The fourth-order valence-corrected chi connectivity index (χ4v) is 11.9. The number of halogens is 1. The monoisotopic (exact) mass is 881 g/mol. The number of alkyl halides is 1. The number of carboxylic acid groups (broad SMARTS) is 1. The van der Waals surface area contributed by atoms with Gasteiger partial charge in [0, 0.05) is 47.7 Å². The van der Waals surface area contributed by atoms with Gasteiger partial charge in [-0.2, -0.15) is 0 Å². The standard InChI is InChI=1S/C43H52BrN3O12/c1-41-11-10-26(49)13-25(41)6-7-28-29-14-34-43(33(51)19-48,30(29)15-32(50)38(28)41)59-40(58-34)24-4-2-23(3-5-24)12-27-16-42(22-57-27)20-47(21-42)39(56)31(8-9-37(54)55)46-36(53)18-45-35(52)17-44/h2-5,10-11,13,27-32,34,38,40,48,50H,6-9,12,14-22H2,1H3,(H,45,52)(H,46,53)(H,54,55)/t27?,28-,29-,30?,31-,32-,34+,38+,40+,41-,43+/m0/s1. The molecular weight excluding hydrogens is 830 g/mol. The summed E-state index contributed by atoms with van der Waals surface area (Å²) in [6, 6.07) is 6.76. The Morgan fingerprint density at radius 2 is 1.83 bits per heavy atom. The van der Waals surface area contributed by atoms with E-state index in [-0.39, 0.29) is 71.6 Å². The van der Waals surface area contributed by atoms with Crippen molar-refractivity contribution in [3.63, 3.8) is 0 Å². The Balaban J connectivity index is 0.872. The highest BCUT2D eigenvalue weighted by Gasteiger charge is 2.70. The van der Waals surface area contributed by atoms with Gasteiger partial charge in [0.1, 0.15) is 12.6 Å². The quantitative estimate of drug-likeness (QED) is 0.180. The molecular formula is C43H52BrN3O12. The van der Waals surface area contributed by atoms with Gasteiger partial charge >= 0.3 is 5.97 Å². The van der Waals surface area contributed by atoms with Crippen LogP contribution in [0.5, 0.6) is 0 Å². The number of aliphatic hydroxyl groups is 2. The van der Waals surface area contributed by atoms with Gasteiger partial charge in [-0.05, 0) is 74.5 Å². The minimum absolute atomic E-state index is 0.0197. The van der Waals surface area contributed by atoms with Crippen molar-refractivity contribution in [2.24, 2.45) is 34.5 Å². The minimum Gasteiger partial charge on any atom is -0.481 e. The van der Waals surface area contributed by atoms with Gasteiger partial charge in [-0.25, -0.2) is 0 Å². The second-order valence-electron chi connectivity index (χ2n) is 17.9. The van der Waals surface area contributed by atoms with E-state index in [2.05, 4.69) is 33.5 Å². The predicted octanol–water partition coefficient (Wildman–Crippen LogP) is 1.92. The average Bonchev–Trinajstić information content (AvgIpc) is 3.89. The molecule has 0 bridgehead atoms. The number of likely N-dealkylation sites (tertiary alicyclic amines) is 1. The molecule has 11 atom stereocenters. The van der Waals surface area contributed by atoms with Crippen molar-refractivity contribution in [1.82, 2.24) is 15.5 Å². The number of allylic oxidation sites excluding steroid dienone is 4.